The predicted molar refractivity (Wildman–Crippen MR) is 111 cm³/mol. The van der Waals surface area contributed by atoms with Gasteiger partial charge in [-0.15, -0.1) is 0 Å². The van der Waals surface area contributed by atoms with Crippen LogP contribution >= 0.6 is 11.6 Å². The van der Waals surface area contributed by atoms with Gasteiger partial charge in [-0.2, -0.15) is 0 Å². The number of unbranched alkanes of at least 4 members (excludes halogenated alkanes) is 2. The largest absolute Gasteiger partial charge is 0.354 e. The Balaban J connectivity index is 2.29. The molecule has 0 aromatic heterocycles. The Hall–Kier alpha value is -2.85. The van der Waals surface area contributed by atoms with Gasteiger partial charge in [-0.1, -0.05) is 31.4 Å². The lowest BCUT2D eigenvalue weighted by molar-refractivity contribution is -0.385. The summed E-state index contributed by atoms with van der Waals surface area (Å²) in [6.07, 6.45) is 2.56. The first kappa shape index (κ1) is 22.4. The molecule has 0 heterocycles. The summed E-state index contributed by atoms with van der Waals surface area (Å²) in [4.78, 5) is 21.9. The van der Waals surface area contributed by atoms with E-state index in [4.69, 9.17) is 11.6 Å². The number of hydrogen-bond donors (Lipinski definition) is 3. The topological polar surface area (TPSA) is 130 Å². The van der Waals surface area contributed by atoms with Gasteiger partial charge in [0.05, 0.1) is 10.6 Å². The molecule has 2 aromatic carbocycles. The monoisotopic (exact) mass is 440 g/mol. The van der Waals surface area contributed by atoms with E-state index < -0.39 is 31.6 Å². The van der Waals surface area contributed by atoms with Crippen LogP contribution in [0.2, 0.25) is 5.02 Å². The van der Waals surface area contributed by atoms with Gasteiger partial charge in [0.1, 0.15) is 4.90 Å². The maximum atomic E-state index is 12.7. The van der Waals surface area contributed by atoms with Crippen molar-refractivity contribution in [3.8, 4) is 0 Å². The average Bonchev–Trinajstić information content (AvgIpc) is 2.66. The number of nitrogens with zero attached hydrogens (tertiary/aromatic N) is 1. The summed E-state index contributed by atoms with van der Waals surface area (Å²) in [5.41, 5.74) is 0.170. The fourth-order valence-electron chi connectivity index (χ4n) is 2.43. The number of nitro benzene ring substituents is 1. The number of sulfonamides is 1. The second kappa shape index (κ2) is 10.1. The summed E-state index contributed by atoms with van der Waals surface area (Å²) >= 11 is 5.84. The number of nitrogens with one attached hydrogen (secondary N) is 3. The molecule has 2 rings (SSSR count). The molecule has 0 fully saturated rings. The van der Waals surface area contributed by atoms with Crippen molar-refractivity contribution < 1.29 is 18.1 Å². The molecule has 0 bridgehead atoms. The van der Waals surface area contributed by atoms with E-state index >= 15 is 0 Å². The number of amides is 2. The molecular weight excluding hydrogens is 420 g/mol. The Morgan fingerprint density at radius 2 is 1.83 bits per heavy atom. The minimum absolute atomic E-state index is 0.0733. The molecule has 0 saturated heterocycles. The lowest BCUT2D eigenvalue weighted by Crippen LogP contribution is -2.40. The Morgan fingerprint density at radius 3 is 2.45 bits per heavy atom. The van der Waals surface area contributed by atoms with Crippen LogP contribution in [0.1, 0.15) is 26.2 Å². The number of non-ortho nitro benzene ring substituents is 1. The molecule has 2 aromatic rings. The normalized spacial score (nSPS) is 11.0. The zero-order valence-corrected chi connectivity index (χ0v) is 17.2. The summed E-state index contributed by atoms with van der Waals surface area (Å²) < 4.78 is 27.3. The molecule has 2 amide bonds. The second-order valence-electron chi connectivity index (χ2n) is 6.14. The van der Waals surface area contributed by atoms with Gasteiger partial charge in [-0.25, -0.2) is 17.9 Å². The van der Waals surface area contributed by atoms with Crippen LogP contribution in [-0.4, -0.2) is 25.9 Å². The maximum absolute atomic E-state index is 12.7. The molecule has 0 aliphatic rings. The molecule has 11 heteroatoms. The first-order valence-electron chi connectivity index (χ1n) is 8.84. The van der Waals surface area contributed by atoms with Gasteiger partial charge in [0, 0.05) is 29.4 Å². The van der Waals surface area contributed by atoms with Crippen LogP contribution in [0.15, 0.2) is 47.4 Å². The molecule has 0 radical (unpaired) electrons. The molecule has 156 valence electrons. The van der Waals surface area contributed by atoms with Crippen LogP contribution < -0.4 is 15.4 Å². The molecule has 0 spiro atoms. The highest BCUT2D eigenvalue weighted by Crippen LogP contribution is 2.29. The Kier molecular flexibility index (Phi) is 7.80. The SMILES string of the molecule is CCCCCNC(=O)NS(=O)(=O)c1cc([N+](=O)[O-])ccc1Nc1ccc(Cl)cc1. The van der Waals surface area contributed by atoms with Crippen molar-refractivity contribution in [3.05, 3.63) is 57.6 Å². The average molecular weight is 441 g/mol. The predicted octanol–water partition coefficient (Wildman–Crippen LogP) is 4.17. The minimum atomic E-state index is -4.37. The zero-order chi connectivity index (χ0) is 21.4. The number of nitro groups is 1. The third-order valence-corrected chi connectivity index (χ3v) is 5.50. The maximum Gasteiger partial charge on any atom is 0.328 e. The van der Waals surface area contributed by atoms with E-state index in [1.54, 1.807) is 24.3 Å². The Bertz CT molecular complexity index is 980. The molecule has 9 nitrogen and oxygen atoms in total. The third kappa shape index (κ3) is 6.61. The number of halogens is 1. The van der Waals surface area contributed by atoms with Crippen LogP contribution in [0.25, 0.3) is 0 Å². The second-order valence-corrected chi connectivity index (χ2v) is 8.23. The highest BCUT2D eigenvalue weighted by atomic mass is 35.5. The van der Waals surface area contributed by atoms with Gasteiger partial charge in [0.2, 0.25) is 0 Å². The lowest BCUT2D eigenvalue weighted by atomic mass is 10.2. The lowest BCUT2D eigenvalue weighted by Gasteiger charge is -2.14. The molecule has 0 unspecified atom stereocenters. The fraction of sp³-hybridized carbons (Fsp3) is 0.278. The highest BCUT2D eigenvalue weighted by Gasteiger charge is 2.24. The van der Waals surface area contributed by atoms with Crippen molar-refractivity contribution in [2.75, 3.05) is 11.9 Å². The summed E-state index contributed by atoms with van der Waals surface area (Å²) in [5, 5.41) is 16.9. The molecular formula is C18H21ClN4O5S. The standard InChI is InChI=1S/C18H21ClN4O5S/c1-2-3-4-11-20-18(24)22-29(27,28)17-12-15(23(25)26)9-10-16(17)21-14-7-5-13(19)6-8-14/h5-10,12,21H,2-4,11H2,1H3,(H2,20,22,24). The van der Waals surface area contributed by atoms with Crippen LogP contribution in [0.4, 0.5) is 21.9 Å². The van der Waals surface area contributed by atoms with E-state index in [1.807, 2.05) is 11.6 Å². The van der Waals surface area contributed by atoms with Crippen molar-refractivity contribution in [1.82, 2.24) is 10.0 Å². The Labute approximate surface area is 173 Å². The van der Waals surface area contributed by atoms with Gasteiger partial charge in [-0.05, 0) is 36.8 Å². The molecule has 3 N–H and O–H groups in total. The van der Waals surface area contributed by atoms with Gasteiger partial charge >= 0.3 is 6.03 Å². The number of benzene rings is 2. The van der Waals surface area contributed by atoms with E-state index in [1.165, 1.54) is 12.1 Å². The van der Waals surface area contributed by atoms with E-state index in [-0.39, 0.29) is 5.69 Å². The first-order chi connectivity index (χ1) is 13.7. The van der Waals surface area contributed by atoms with E-state index in [2.05, 4.69) is 10.6 Å². The van der Waals surface area contributed by atoms with Crippen molar-refractivity contribution >= 4 is 44.7 Å². The molecule has 0 saturated carbocycles. The number of urea groups is 1. The van der Waals surface area contributed by atoms with Gasteiger partial charge < -0.3 is 10.6 Å². The van der Waals surface area contributed by atoms with Gasteiger partial charge in [-0.3, -0.25) is 10.1 Å². The summed E-state index contributed by atoms with van der Waals surface area (Å²) in [6.45, 7) is 2.32. The Morgan fingerprint density at radius 1 is 1.14 bits per heavy atom. The van der Waals surface area contributed by atoms with Gasteiger partial charge in [0.15, 0.2) is 0 Å². The molecule has 0 atom stereocenters. The number of carbonyl (C=O) groups is 1. The summed E-state index contributed by atoms with van der Waals surface area (Å²) in [5.74, 6) is 0. The van der Waals surface area contributed by atoms with E-state index in [9.17, 15) is 23.3 Å². The van der Waals surface area contributed by atoms with E-state index in [0.717, 1.165) is 18.9 Å². The highest BCUT2D eigenvalue weighted by molar-refractivity contribution is 7.90. The van der Waals surface area contributed by atoms with Crippen molar-refractivity contribution in [2.45, 2.75) is 31.1 Å². The quantitative estimate of drug-likeness (QED) is 0.304. The number of carbonyl (C=O) groups excluding carboxylic acids is 1. The van der Waals surface area contributed by atoms with Crippen LogP contribution in [0.5, 0.6) is 0 Å². The van der Waals surface area contributed by atoms with E-state index in [0.29, 0.717) is 23.7 Å². The number of hydrogen-bond acceptors (Lipinski definition) is 6. The summed E-state index contributed by atoms with van der Waals surface area (Å²) in [6, 6.07) is 8.87. The number of rotatable bonds is 9. The van der Waals surface area contributed by atoms with Crippen molar-refractivity contribution in [1.29, 1.82) is 0 Å². The smallest absolute Gasteiger partial charge is 0.328 e. The van der Waals surface area contributed by atoms with Crippen LogP contribution in [0, 0.1) is 10.1 Å². The third-order valence-electron chi connectivity index (χ3n) is 3.88. The summed E-state index contributed by atoms with van der Waals surface area (Å²) in [7, 11) is -4.37. The number of anilines is 2. The molecule has 0 aliphatic heterocycles. The van der Waals surface area contributed by atoms with Crippen molar-refractivity contribution in [3.63, 3.8) is 0 Å². The van der Waals surface area contributed by atoms with Crippen molar-refractivity contribution in [2.24, 2.45) is 0 Å². The van der Waals surface area contributed by atoms with Crippen LogP contribution in [-0.2, 0) is 10.0 Å². The van der Waals surface area contributed by atoms with Gasteiger partial charge in [0.25, 0.3) is 15.7 Å². The molecule has 29 heavy (non-hydrogen) atoms. The molecule has 0 aliphatic carbocycles. The first-order valence-corrected chi connectivity index (χ1v) is 10.7. The fourth-order valence-corrected chi connectivity index (χ4v) is 3.67. The zero-order valence-electron chi connectivity index (χ0n) is 15.6. The van der Waals surface area contributed by atoms with Crippen LogP contribution in [0.3, 0.4) is 0 Å². The minimum Gasteiger partial charge on any atom is -0.354 e.